The first-order valence-corrected chi connectivity index (χ1v) is 9.63. The average Bonchev–Trinajstić information content (AvgIpc) is 3.05. The molecule has 1 N–H and O–H groups in total. The van der Waals surface area contributed by atoms with Crippen molar-refractivity contribution in [1.29, 1.82) is 0 Å². The molecule has 1 aromatic heterocycles. The van der Waals surface area contributed by atoms with Crippen LogP contribution in [-0.4, -0.2) is 41.3 Å². The molecule has 0 unspecified atom stereocenters. The number of aryl methyl sites for hydroxylation is 1. The highest BCUT2D eigenvalue weighted by atomic mass is 16.5. The number of hydrogen-bond acceptors (Lipinski definition) is 6. The first kappa shape index (κ1) is 21.8. The van der Waals surface area contributed by atoms with Crippen LogP contribution >= 0.6 is 0 Å². The van der Waals surface area contributed by atoms with Gasteiger partial charge in [-0.3, -0.25) is 9.48 Å². The van der Waals surface area contributed by atoms with Crippen molar-refractivity contribution < 1.29 is 23.9 Å². The van der Waals surface area contributed by atoms with Crippen LogP contribution < -0.4 is 5.32 Å². The van der Waals surface area contributed by atoms with Crippen LogP contribution in [0.5, 0.6) is 0 Å². The van der Waals surface area contributed by atoms with Crippen LogP contribution in [0.4, 0.5) is 5.69 Å². The second-order valence-corrected chi connectivity index (χ2v) is 6.85. The van der Waals surface area contributed by atoms with Crippen LogP contribution in [-0.2, 0) is 20.8 Å². The zero-order chi connectivity index (χ0) is 22.4. The van der Waals surface area contributed by atoms with Gasteiger partial charge in [0, 0.05) is 0 Å². The van der Waals surface area contributed by atoms with Gasteiger partial charge in [0.2, 0.25) is 0 Å². The van der Waals surface area contributed by atoms with Crippen molar-refractivity contribution in [2.45, 2.75) is 20.4 Å². The summed E-state index contributed by atoms with van der Waals surface area (Å²) in [5.74, 6) is -1.78. The van der Waals surface area contributed by atoms with Crippen molar-refractivity contribution in [2.24, 2.45) is 0 Å². The van der Waals surface area contributed by atoms with E-state index in [1.165, 1.54) is 13.2 Å². The number of carbonyl (C=O) groups excluding carboxylic acids is 3. The van der Waals surface area contributed by atoms with Crippen molar-refractivity contribution >= 4 is 23.5 Å². The smallest absolute Gasteiger partial charge is 0.342 e. The Labute approximate surface area is 179 Å². The predicted molar refractivity (Wildman–Crippen MR) is 114 cm³/mol. The van der Waals surface area contributed by atoms with Crippen LogP contribution in [0.1, 0.15) is 37.7 Å². The number of amides is 1. The maximum atomic E-state index is 12.6. The molecule has 0 bridgehead atoms. The third-order valence-corrected chi connectivity index (χ3v) is 4.70. The van der Waals surface area contributed by atoms with Crippen LogP contribution in [0.25, 0.3) is 0 Å². The lowest BCUT2D eigenvalue weighted by Gasteiger charge is -2.10. The van der Waals surface area contributed by atoms with E-state index in [1.807, 2.05) is 30.3 Å². The van der Waals surface area contributed by atoms with Crippen LogP contribution in [0, 0.1) is 13.8 Å². The van der Waals surface area contributed by atoms with Crippen molar-refractivity contribution in [2.75, 3.05) is 19.0 Å². The summed E-state index contributed by atoms with van der Waals surface area (Å²) in [6, 6.07) is 16.2. The minimum absolute atomic E-state index is 0.207. The molecular formula is C23H23N3O5. The standard InChI is InChI=1S/C23H23N3O5/c1-15-21(16(2)26(25-15)13-17-9-5-4-6-10-17)23(29)31-14-20(27)24-19-12-8-7-11-18(19)22(28)30-3/h4-12H,13-14H2,1-3H3,(H,24,27). The third-order valence-electron chi connectivity index (χ3n) is 4.70. The Morgan fingerprint density at radius 2 is 1.65 bits per heavy atom. The number of nitrogens with one attached hydrogen (secondary N) is 1. The average molecular weight is 421 g/mol. The molecule has 0 fully saturated rings. The zero-order valence-corrected chi connectivity index (χ0v) is 17.5. The molecule has 0 saturated carbocycles. The van der Waals surface area contributed by atoms with Gasteiger partial charge in [-0.05, 0) is 31.5 Å². The number of methoxy groups -OCH3 is 1. The van der Waals surface area contributed by atoms with Gasteiger partial charge in [-0.2, -0.15) is 5.10 Å². The van der Waals surface area contributed by atoms with E-state index in [2.05, 4.69) is 10.4 Å². The predicted octanol–water partition coefficient (Wildman–Crippen LogP) is 3.13. The summed E-state index contributed by atoms with van der Waals surface area (Å²) in [5.41, 5.74) is 3.05. The quantitative estimate of drug-likeness (QED) is 0.589. The SMILES string of the molecule is COC(=O)c1ccccc1NC(=O)COC(=O)c1c(C)nn(Cc2ccccc2)c1C. The van der Waals surface area contributed by atoms with Gasteiger partial charge in [0.15, 0.2) is 6.61 Å². The summed E-state index contributed by atoms with van der Waals surface area (Å²) in [6.07, 6.45) is 0. The lowest BCUT2D eigenvalue weighted by molar-refractivity contribution is -0.119. The molecule has 0 aliphatic carbocycles. The molecule has 0 aliphatic rings. The normalized spacial score (nSPS) is 10.4. The Morgan fingerprint density at radius 3 is 2.35 bits per heavy atom. The van der Waals surface area contributed by atoms with Gasteiger partial charge in [-0.1, -0.05) is 42.5 Å². The fraction of sp³-hybridized carbons (Fsp3) is 0.217. The molecule has 8 heteroatoms. The summed E-state index contributed by atoms with van der Waals surface area (Å²) in [4.78, 5) is 36.7. The Balaban J connectivity index is 1.65. The molecule has 0 aliphatic heterocycles. The second kappa shape index (κ2) is 9.71. The highest BCUT2D eigenvalue weighted by Crippen LogP contribution is 2.18. The van der Waals surface area contributed by atoms with Crippen LogP contribution in [0.15, 0.2) is 54.6 Å². The minimum Gasteiger partial charge on any atom is -0.465 e. The van der Waals surface area contributed by atoms with Gasteiger partial charge < -0.3 is 14.8 Å². The highest BCUT2D eigenvalue weighted by molar-refractivity contribution is 6.02. The summed E-state index contributed by atoms with van der Waals surface area (Å²) in [7, 11) is 1.26. The molecule has 8 nitrogen and oxygen atoms in total. The number of benzene rings is 2. The van der Waals surface area contributed by atoms with Crippen LogP contribution in [0.3, 0.4) is 0 Å². The van der Waals surface area contributed by atoms with E-state index in [4.69, 9.17) is 9.47 Å². The molecule has 1 heterocycles. The van der Waals surface area contributed by atoms with E-state index in [9.17, 15) is 14.4 Å². The van der Waals surface area contributed by atoms with E-state index in [1.54, 1.807) is 36.7 Å². The number of carbonyl (C=O) groups is 3. The molecule has 1 amide bonds. The maximum absolute atomic E-state index is 12.6. The number of nitrogens with zero attached hydrogens (tertiary/aromatic N) is 2. The van der Waals surface area contributed by atoms with Gasteiger partial charge in [0.25, 0.3) is 5.91 Å². The van der Waals surface area contributed by atoms with E-state index < -0.39 is 24.5 Å². The number of esters is 2. The first-order chi connectivity index (χ1) is 14.9. The number of para-hydroxylation sites is 1. The molecule has 3 aromatic rings. The van der Waals surface area contributed by atoms with Crippen molar-refractivity contribution in [3.63, 3.8) is 0 Å². The number of ether oxygens (including phenoxy) is 2. The number of hydrogen-bond donors (Lipinski definition) is 1. The first-order valence-electron chi connectivity index (χ1n) is 9.63. The van der Waals surface area contributed by atoms with Gasteiger partial charge in [0.1, 0.15) is 5.56 Å². The topological polar surface area (TPSA) is 99.5 Å². The summed E-state index contributed by atoms with van der Waals surface area (Å²) < 4.78 is 11.6. The van der Waals surface area contributed by atoms with E-state index >= 15 is 0 Å². The fourth-order valence-electron chi connectivity index (χ4n) is 3.17. The number of rotatable bonds is 7. The molecule has 0 atom stereocenters. The highest BCUT2D eigenvalue weighted by Gasteiger charge is 2.21. The van der Waals surface area contributed by atoms with Crippen molar-refractivity contribution in [1.82, 2.24) is 9.78 Å². The number of aromatic nitrogens is 2. The van der Waals surface area contributed by atoms with Gasteiger partial charge in [-0.25, -0.2) is 9.59 Å². The van der Waals surface area contributed by atoms with Gasteiger partial charge >= 0.3 is 11.9 Å². The third kappa shape index (κ3) is 5.16. The molecule has 0 spiro atoms. The van der Waals surface area contributed by atoms with Crippen molar-refractivity contribution in [3.05, 3.63) is 82.7 Å². The van der Waals surface area contributed by atoms with Crippen LogP contribution in [0.2, 0.25) is 0 Å². The summed E-state index contributed by atoms with van der Waals surface area (Å²) >= 11 is 0. The van der Waals surface area contributed by atoms with Crippen molar-refractivity contribution in [3.8, 4) is 0 Å². The Bertz CT molecular complexity index is 1110. The Hall–Kier alpha value is -3.94. The number of anilines is 1. The molecule has 160 valence electrons. The molecule has 0 saturated heterocycles. The van der Waals surface area contributed by atoms with Gasteiger partial charge in [0.05, 0.1) is 36.3 Å². The monoisotopic (exact) mass is 421 g/mol. The van der Waals surface area contributed by atoms with E-state index in [0.717, 1.165) is 5.56 Å². The minimum atomic E-state index is -0.634. The lowest BCUT2D eigenvalue weighted by Crippen LogP contribution is -2.22. The molecule has 0 radical (unpaired) electrons. The summed E-state index contributed by atoms with van der Waals surface area (Å²) in [5, 5.41) is 6.99. The largest absolute Gasteiger partial charge is 0.465 e. The van der Waals surface area contributed by atoms with E-state index in [0.29, 0.717) is 23.5 Å². The molecule has 2 aromatic carbocycles. The lowest BCUT2D eigenvalue weighted by atomic mass is 10.2. The Kier molecular flexibility index (Phi) is 6.81. The maximum Gasteiger partial charge on any atom is 0.342 e. The van der Waals surface area contributed by atoms with E-state index in [-0.39, 0.29) is 11.3 Å². The van der Waals surface area contributed by atoms with Gasteiger partial charge in [-0.15, -0.1) is 0 Å². The molecular weight excluding hydrogens is 398 g/mol. The molecule has 3 rings (SSSR count). The zero-order valence-electron chi connectivity index (χ0n) is 17.5. The molecule has 31 heavy (non-hydrogen) atoms. The summed E-state index contributed by atoms with van der Waals surface area (Å²) in [6.45, 7) is 3.52. The second-order valence-electron chi connectivity index (χ2n) is 6.85. The fourth-order valence-corrected chi connectivity index (χ4v) is 3.17. The Morgan fingerprint density at radius 1 is 0.968 bits per heavy atom.